The fraction of sp³-hybridized carbons (Fsp3) is 0.133. The molecule has 0 unspecified atom stereocenters. The van der Waals surface area contributed by atoms with E-state index in [-0.39, 0.29) is 5.56 Å². The molecule has 0 aliphatic heterocycles. The summed E-state index contributed by atoms with van der Waals surface area (Å²) in [5.41, 5.74) is 1.61. The van der Waals surface area contributed by atoms with Gasteiger partial charge in [0.05, 0.1) is 24.1 Å². The van der Waals surface area contributed by atoms with E-state index >= 15 is 0 Å². The normalized spacial score (nSPS) is 10.7. The average Bonchev–Trinajstić information content (AvgIpc) is 2.47. The summed E-state index contributed by atoms with van der Waals surface area (Å²) in [5, 5.41) is 4.75. The number of hydrogen-bond acceptors (Lipinski definition) is 4. The van der Waals surface area contributed by atoms with Gasteiger partial charge in [-0.05, 0) is 24.4 Å². The Kier molecular flexibility index (Phi) is 3.16. The molecule has 0 amide bonds. The summed E-state index contributed by atoms with van der Waals surface area (Å²) in [7, 11) is 0. The van der Waals surface area contributed by atoms with Gasteiger partial charge in [-0.1, -0.05) is 18.2 Å². The highest BCUT2D eigenvalue weighted by molar-refractivity contribution is 5.83. The van der Waals surface area contributed by atoms with Gasteiger partial charge < -0.3 is 10.3 Å². The van der Waals surface area contributed by atoms with Gasteiger partial charge in [-0.3, -0.25) is 14.8 Å². The largest absolute Gasteiger partial charge is 0.366 e. The molecule has 0 fully saturated rings. The number of benzene rings is 1. The fourth-order valence-corrected chi connectivity index (χ4v) is 2.00. The van der Waals surface area contributed by atoms with Crippen LogP contribution in [-0.4, -0.2) is 15.0 Å². The van der Waals surface area contributed by atoms with Gasteiger partial charge in [-0.25, -0.2) is 0 Å². The van der Waals surface area contributed by atoms with Crippen molar-refractivity contribution in [1.82, 2.24) is 15.0 Å². The van der Waals surface area contributed by atoms with E-state index in [4.69, 9.17) is 0 Å². The lowest BCUT2D eigenvalue weighted by Gasteiger charge is -2.07. The van der Waals surface area contributed by atoms with E-state index in [0.29, 0.717) is 17.7 Å². The Morgan fingerprint density at radius 3 is 2.85 bits per heavy atom. The number of H-pyrrole nitrogens is 1. The first-order chi connectivity index (χ1) is 9.72. The molecule has 2 aromatic heterocycles. The Morgan fingerprint density at radius 2 is 2.05 bits per heavy atom. The molecule has 2 N–H and O–H groups in total. The molecular formula is C15H14N4O. The number of nitrogens with one attached hydrogen (secondary N) is 2. The zero-order valence-electron chi connectivity index (χ0n) is 11.1. The van der Waals surface area contributed by atoms with Crippen molar-refractivity contribution in [3.05, 3.63) is 64.5 Å². The van der Waals surface area contributed by atoms with Crippen LogP contribution in [0.3, 0.4) is 0 Å². The maximum absolute atomic E-state index is 11.9. The van der Waals surface area contributed by atoms with Crippen molar-refractivity contribution in [2.75, 3.05) is 5.32 Å². The summed E-state index contributed by atoms with van der Waals surface area (Å²) in [6.45, 7) is 2.41. The molecule has 5 nitrogen and oxygen atoms in total. The monoisotopic (exact) mass is 266 g/mol. The summed E-state index contributed by atoms with van der Waals surface area (Å²) < 4.78 is 0. The van der Waals surface area contributed by atoms with Crippen molar-refractivity contribution < 1.29 is 0 Å². The van der Waals surface area contributed by atoms with Gasteiger partial charge in [0, 0.05) is 11.6 Å². The summed E-state index contributed by atoms with van der Waals surface area (Å²) in [6, 6.07) is 9.41. The van der Waals surface area contributed by atoms with Crippen molar-refractivity contribution in [1.29, 1.82) is 0 Å². The second-order valence-corrected chi connectivity index (χ2v) is 4.60. The maximum atomic E-state index is 11.9. The quantitative estimate of drug-likeness (QED) is 0.762. The topological polar surface area (TPSA) is 70.7 Å². The number of nitrogens with zero attached hydrogens (tertiary/aromatic N) is 2. The molecule has 0 spiro atoms. The zero-order valence-corrected chi connectivity index (χ0v) is 11.1. The molecule has 0 bridgehead atoms. The highest BCUT2D eigenvalue weighted by Crippen LogP contribution is 2.13. The molecule has 20 heavy (non-hydrogen) atoms. The Morgan fingerprint density at radius 1 is 1.20 bits per heavy atom. The molecule has 0 saturated carbocycles. The molecule has 5 heteroatoms. The minimum absolute atomic E-state index is 0.0967. The minimum atomic E-state index is -0.0967. The Bertz CT molecular complexity index is 793. The first-order valence-corrected chi connectivity index (χ1v) is 6.36. The third-order valence-corrected chi connectivity index (χ3v) is 3.05. The lowest BCUT2D eigenvalue weighted by Crippen LogP contribution is -2.11. The molecule has 0 atom stereocenters. The van der Waals surface area contributed by atoms with Crippen LogP contribution in [0, 0.1) is 6.92 Å². The molecule has 0 saturated heterocycles. The maximum Gasteiger partial charge on any atom is 0.257 e. The van der Waals surface area contributed by atoms with Crippen LogP contribution in [0.1, 0.15) is 11.4 Å². The van der Waals surface area contributed by atoms with Gasteiger partial charge >= 0.3 is 0 Å². The highest BCUT2D eigenvalue weighted by atomic mass is 16.1. The fourth-order valence-electron chi connectivity index (χ4n) is 2.00. The molecule has 3 rings (SSSR count). The molecule has 0 aliphatic carbocycles. The molecule has 100 valence electrons. The Hall–Kier alpha value is -2.69. The second-order valence-electron chi connectivity index (χ2n) is 4.60. The molecular weight excluding hydrogens is 252 g/mol. The number of aryl methyl sites for hydroxylation is 1. The van der Waals surface area contributed by atoms with Gasteiger partial charge in [0.1, 0.15) is 5.82 Å². The number of anilines is 1. The molecule has 0 radical (unpaired) electrons. The van der Waals surface area contributed by atoms with Crippen LogP contribution < -0.4 is 10.9 Å². The van der Waals surface area contributed by atoms with E-state index in [0.717, 1.165) is 16.8 Å². The van der Waals surface area contributed by atoms with Crippen LogP contribution in [0.5, 0.6) is 0 Å². The number of aromatic nitrogens is 3. The summed E-state index contributed by atoms with van der Waals surface area (Å²) in [4.78, 5) is 23.2. The third-order valence-electron chi connectivity index (χ3n) is 3.05. The van der Waals surface area contributed by atoms with Crippen LogP contribution in [0.4, 0.5) is 5.82 Å². The summed E-state index contributed by atoms with van der Waals surface area (Å²) in [6.07, 6.45) is 3.45. The number of rotatable bonds is 3. The number of hydrogen-bond donors (Lipinski definition) is 2. The van der Waals surface area contributed by atoms with E-state index < -0.39 is 0 Å². The van der Waals surface area contributed by atoms with Crippen LogP contribution in [0.25, 0.3) is 10.8 Å². The predicted molar refractivity (Wildman–Crippen MR) is 78.7 cm³/mol. The predicted octanol–water partition coefficient (Wildman–Crippen LogP) is 2.24. The van der Waals surface area contributed by atoms with Gasteiger partial charge in [-0.2, -0.15) is 0 Å². The van der Waals surface area contributed by atoms with Crippen LogP contribution in [0.15, 0.2) is 47.5 Å². The van der Waals surface area contributed by atoms with Crippen LogP contribution in [-0.2, 0) is 6.54 Å². The van der Waals surface area contributed by atoms with E-state index in [1.54, 1.807) is 12.4 Å². The van der Waals surface area contributed by atoms with Crippen LogP contribution >= 0.6 is 0 Å². The van der Waals surface area contributed by atoms with Gasteiger partial charge in [0.15, 0.2) is 0 Å². The zero-order chi connectivity index (χ0) is 13.9. The Balaban J connectivity index is 1.84. The van der Waals surface area contributed by atoms with Crippen molar-refractivity contribution in [2.24, 2.45) is 0 Å². The van der Waals surface area contributed by atoms with E-state index in [2.05, 4.69) is 20.3 Å². The smallest absolute Gasteiger partial charge is 0.257 e. The first kappa shape index (κ1) is 12.3. The molecule has 1 aromatic carbocycles. The van der Waals surface area contributed by atoms with Crippen molar-refractivity contribution in [3.8, 4) is 0 Å². The SMILES string of the molecule is Cc1cnc(CNc2cc3ccccc3c(=O)[nH]2)cn1. The lowest BCUT2D eigenvalue weighted by molar-refractivity contribution is 0.976. The Labute approximate surface area is 115 Å². The summed E-state index contributed by atoms with van der Waals surface area (Å²) in [5.74, 6) is 0.677. The number of fused-ring (bicyclic) bond motifs is 1. The lowest BCUT2D eigenvalue weighted by atomic mass is 10.2. The van der Waals surface area contributed by atoms with Gasteiger partial charge in [0.25, 0.3) is 5.56 Å². The average molecular weight is 266 g/mol. The number of aromatic amines is 1. The number of pyridine rings is 1. The van der Waals surface area contributed by atoms with Crippen molar-refractivity contribution in [2.45, 2.75) is 13.5 Å². The van der Waals surface area contributed by atoms with Crippen molar-refractivity contribution in [3.63, 3.8) is 0 Å². The van der Waals surface area contributed by atoms with E-state index in [1.807, 2.05) is 37.3 Å². The standard InChI is InChI=1S/C15H14N4O/c1-10-7-17-12(8-16-10)9-18-14-6-11-4-2-3-5-13(11)15(20)19-14/h2-8H,9H2,1H3,(H2,18,19,20). The van der Waals surface area contributed by atoms with Crippen molar-refractivity contribution >= 4 is 16.6 Å². The van der Waals surface area contributed by atoms with E-state index in [9.17, 15) is 4.79 Å². The minimum Gasteiger partial charge on any atom is -0.366 e. The third kappa shape index (κ3) is 2.51. The molecule has 3 aromatic rings. The van der Waals surface area contributed by atoms with Crippen LogP contribution in [0.2, 0.25) is 0 Å². The highest BCUT2D eigenvalue weighted by Gasteiger charge is 2.01. The van der Waals surface area contributed by atoms with Gasteiger partial charge in [-0.15, -0.1) is 0 Å². The first-order valence-electron chi connectivity index (χ1n) is 6.36. The second kappa shape index (κ2) is 5.13. The molecule has 2 heterocycles. The summed E-state index contributed by atoms with van der Waals surface area (Å²) >= 11 is 0. The van der Waals surface area contributed by atoms with E-state index in [1.165, 1.54) is 0 Å². The van der Waals surface area contributed by atoms with Gasteiger partial charge in [0.2, 0.25) is 0 Å². The molecule has 0 aliphatic rings.